The maximum absolute atomic E-state index is 12.9. The molecule has 1 aliphatic rings. The van der Waals surface area contributed by atoms with Gasteiger partial charge in [0, 0.05) is 38.0 Å². The molecule has 140 valence electrons. The highest BCUT2D eigenvalue weighted by Crippen LogP contribution is 2.31. The number of carbonyl (C=O) groups excluding carboxylic acids is 1. The first-order valence-corrected chi connectivity index (χ1v) is 9.10. The number of fused-ring (bicyclic) bond motifs is 1. The summed E-state index contributed by atoms with van der Waals surface area (Å²) in [6, 6.07) is 7.94. The van der Waals surface area contributed by atoms with E-state index >= 15 is 0 Å². The highest BCUT2D eigenvalue weighted by molar-refractivity contribution is 5.94. The minimum atomic E-state index is -0.159. The van der Waals surface area contributed by atoms with Gasteiger partial charge in [0.05, 0.1) is 29.9 Å². The summed E-state index contributed by atoms with van der Waals surface area (Å²) in [4.78, 5) is 17.0. The smallest absolute Gasteiger partial charge is 0.272 e. The monoisotopic (exact) mass is 365 g/mol. The molecule has 0 spiro atoms. The molecule has 0 saturated carbocycles. The van der Waals surface area contributed by atoms with Crippen LogP contribution in [0, 0.1) is 0 Å². The molecule has 0 saturated heterocycles. The molecule has 1 amide bonds. The molecule has 2 atom stereocenters. The summed E-state index contributed by atoms with van der Waals surface area (Å²) in [5.74, 6) is -0.159. The number of para-hydroxylation sites is 1. The molecule has 3 aromatic rings. The Morgan fingerprint density at radius 1 is 1.33 bits per heavy atom. The average Bonchev–Trinajstić information content (AvgIpc) is 3.28. The Hall–Kier alpha value is -2.93. The summed E-state index contributed by atoms with van der Waals surface area (Å²) in [5, 5.41) is 7.49. The van der Waals surface area contributed by atoms with E-state index in [9.17, 15) is 4.79 Å². The van der Waals surface area contributed by atoms with Gasteiger partial charge in [0.25, 0.3) is 5.91 Å². The van der Waals surface area contributed by atoms with Gasteiger partial charge in [-0.15, -0.1) is 0 Å². The minimum Gasteiger partial charge on any atom is -0.369 e. The molecule has 4 rings (SSSR count). The van der Waals surface area contributed by atoms with Gasteiger partial charge in [0.15, 0.2) is 5.69 Å². The molecule has 2 aromatic heterocycles. The fraction of sp³-hybridized carbons (Fsp3) is 0.350. The topological polar surface area (TPSA) is 74.0 Å². The number of benzene rings is 1. The van der Waals surface area contributed by atoms with Gasteiger partial charge in [0.2, 0.25) is 0 Å². The number of hydrogen-bond donors (Lipinski definition) is 1. The zero-order valence-electron chi connectivity index (χ0n) is 15.7. The fourth-order valence-electron chi connectivity index (χ4n) is 3.79. The van der Waals surface area contributed by atoms with Crippen molar-refractivity contribution in [3.63, 3.8) is 0 Å². The molecule has 7 nitrogen and oxygen atoms in total. The summed E-state index contributed by atoms with van der Waals surface area (Å²) < 4.78 is 9.57. The number of aryl methyl sites for hydroxylation is 1. The van der Waals surface area contributed by atoms with E-state index in [2.05, 4.69) is 15.4 Å². The maximum atomic E-state index is 12.9. The Balaban J connectivity index is 1.56. The van der Waals surface area contributed by atoms with Crippen molar-refractivity contribution in [1.82, 2.24) is 24.6 Å². The van der Waals surface area contributed by atoms with Crippen LogP contribution in [-0.4, -0.2) is 31.3 Å². The number of rotatable bonds is 4. The third kappa shape index (κ3) is 3.26. The number of carbonyl (C=O) groups is 1. The quantitative estimate of drug-likeness (QED) is 0.771. The number of ether oxygens (including phenoxy) is 1. The Morgan fingerprint density at radius 3 is 2.93 bits per heavy atom. The third-order valence-corrected chi connectivity index (χ3v) is 4.94. The van der Waals surface area contributed by atoms with Gasteiger partial charge in [-0.25, -0.2) is 4.98 Å². The lowest BCUT2D eigenvalue weighted by atomic mass is 9.99. The van der Waals surface area contributed by atoms with Crippen molar-refractivity contribution >= 4 is 5.91 Å². The van der Waals surface area contributed by atoms with Crippen molar-refractivity contribution in [2.24, 2.45) is 7.05 Å². The van der Waals surface area contributed by atoms with Gasteiger partial charge in [-0.1, -0.05) is 18.2 Å². The van der Waals surface area contributed by atoms with Crippen LogP contribution in [0.25, 0.3) is 5.69 Å². The largest absolute Gasteiger partial charge is 0.369 e. The highest BCUT2D eigenvalue weighted by atomic mass is 16.5. The van der Waals surface area contributed by atoms with Gasteiger partial charge in [-0.2, -0.15) is 5.10 Å². The van der Waals surface area contributed by atoms with Crippen molar-refractivity contribution in [3.05, 3.63) is 65.5 Å². The second-order valence-electron chi connectivity index (χ2n) is 6.91. The van der Waals surface area contributed by atoms with Crippen LogP contribution in [0.2, 0.25) is 0 Å². The zero-order chi connectivity index (χ0) is 19.0. The van der Waals surface area contributed by atoms with Crippen LogP contribution < -0.4 is 5.32 Å². The number of imidazole rings is 1. The maximum Gasteiger partial charge on any atom is 0.272 e. The van der Waals surface area contributed by atoms with Crippen LogP contribution >= 0.6 is 0 Å². The van der Waals surface area contributed by atoms with Crippen molar-refractivity contribution in [2.45, 2.75) is 39.0 Å². The zero-order valence-corrected chi connectivity index (χ0v) is 15.7. The summed E-state index contributed by atoms with van der Waals surface area (Å²) >= 11 is 0. The Kier molecular flexibility index (Phi) is 4.53. The first-order valence-electron chi connectivity index (χ1n) is 9.10. The van der Waals surface area contributed by atoms with Crippen molar-refractivity contribution in [2.75, 3.05) is 0 Å². The van der Waals surface area contributed by atoms with E-state index in [0.29, 0.717) is 18.7 Å². The first-order chi connectivity index (χ1) is 13.0. The second kappa shape index (κ2) is 7.00. The van der Waals surface area contributed by atoms with Crippen molar-refractivity contribution < 1.29 is 9.53 Å². The summed E-state index contributed by atoms with van der Waals surface area (Å²) in [7, 11) is 1.86. The third-order valence-electron chi connectivity index (χ3n) is 4.94. The molecular formula is C20H23N5O2. The number of nitrogens with zero attached hydrogens (tertiary/aromatic N) is 4. The lowest BCUT2D eigenvalue weighted by Crippen LogP contribution is -2.27. The fourth-order valence-corrected chi connectivity index (χ4v) is 3.79. The average molecular weight is 365 g/mol. The summed E-state index contributed by atoms with van der Waals surface area (Å²) in [6.45, 7) is 4.44. The molecule has 1 aliphatic heterocycles. The van der Waals surface area contributed by atoms with E-state index in [1.54, 1.807) is 17.2 Å². The van der Waals surface area contributed by atoms with Crippen LogP contribution in [0.3, 0.4) is 0 Å². The van der Waals surface area contributed by atoms with E-state index in [-0.39, 0.29) is 18.1 Å². The van der Waals surface area contributed by atoms with Gasteiger partial charge >= 0.3 is 0 Å². The molecule has 7 heteroatoms. The van der Waals surface area contributed by atoms with E-state index in [4.69, 9.17) is 4.74 Å². The summed E-state index contributed by atoms with van der Waals surface area (Å²) in [5.41, 5.74) is 4.48. The predicted octanol–water partition coefficient (Wildman–Crippen LogP) is 2.56. The Bertz CT molecular complexity index is 961. The summed E-state index contributed by atoms with van der Waals surface area (Å²) in [6.07, 6.45) is 6.08. The number of nitrogens with one attached hydrogen (secondary N) is 1. The number of amides is 1. The van der Waals surface area contributed by atoms with Crippen LogP contribution in [0.4, 0.5) is 0 Å². The Labute approximate surface area is 158 Å². The van der Waals surface area contributed by atoms with Crippen molar-refractivity contribution in [1.29, 1.82) is 0 Å². The molecule has 0 fully saturated rings. The van der Waals surface area contributed by atoms with Crippen LogP contribution in [0.15, 0.2) is 43.0 Å². The van der Waals surface area contributed by atoms with Gasteiger partial charge in [-0.3, -0.25) is 9.48 Å². The van der Waals surface area contributed by atoms with Gasteiger partial charge in [-0.05, 0) is 25.5 Å². The van der Waals surface area contributed by atoms with E-state index in [1.165, 1.54) is 0 Å². The van der Waals surface area contributed by atoms with E-state index < -0.39 is 0 Å². The normalized spacial score (nSPS) is 18.9. The predicted molar refractivity (Wildman–Crippen MR) is 101 cm³/mol. The highest BCUT2D eigenvalue weighted by Gasteiger charge is 2.31. The molecule has 1 N–H and O–H groups in total. The van der Waals surface area contributed by atoms with Crippen LogP contribution in [0.1, 0.15) is 47.3 Å². The lowest BCUT2D eigenvalue weighted by molar-refractivity contribution is -0.00903. The van der Waals surface area contributed by atoms with E-state index in [0.717, 1.165) is 22.5 Å². The SMILES string of the molecule is C[C@@H]1Cc2c(C(=O)NCc3ccccc3-n3ccnc3)nn(C)c2[C@H](C)O1. The van der Waals surface area contributed by atoms with Crippen LogP contribution in [0.5, 0.6) is 0 Å². The van der Waals surface area contributed by atoms with E-state index in [1.807, 2.05) is 55.9 Å². The molecule has 3 heterocycles. The molecule has 0 unspecified atom stereocenters. The number of aromatic nitrogens is 4. The van der Waals surface area contributed by atoms with Gasteiger partial charge in [0.1, 0.15) is 0 Å². The van der Waals surface area contributed by atoms with Gasteiger partial charge < -0.3 is 14.6 Å². The molecule has 27 heavy (non-hydrogen) atoms. The second-order valence-corrected chi connectivity index (χ2v) is 6.91. The van der Waals surface area contributed by atoms with Crippen LogP contribution in [-0.2, 0) is 24.8 Å². The molecule has 1 aromatic carbocycles. The lowest BCUT2D eigenvalue weighted by Gasteiger charge is -2.26. The standard InChI is InChI=1S/C20H23N5O2/c1-13-10-16-18(23-24(3)19(16)14(2)27-13)20(26)22-11-15-6-4-5-7-17(15)25-9-8-21-12-25/h4-9,12-14H,10-11H2,1-3H3,(H,22,26)/t13-,14+/m1/s1. The van der Waals surface area contributed by atoms with Crippen molar-refractivity contribution in [3.8, 4) is 5.69 Å². The first kappa shape index (κ1) is 17.5. The molecule has 0 bridgehead atoms. The minimum absolute atomic E-state index is 0.0650. The Morgan fingerprint density at radius 2 is 2.15 bits per heavy atom. The molecule has 0 radical (unpaired) electrons. The molecular weight excluding hydrogens is 342 g/mol. The number of hydrogen-bond acceptors (Lipinski definition) is 4. The molecule has 0 aliphatic carbocycles.